The van der Waals surface area contributed by atoms with E-state index < -0.39 is 10.2 Å². The number of aromatic amines is 1. The van der Waals surface area contributed by atoms with E-state index in [1.807, 2.05) is 0 Å². The maximum absolute atomic E-state index is 12.1. The van der Waals surface area contributed by atoms with Crippen molar-refractivity contribution in [2.75, 3.05) is 19.6 Å². The summed E-state index contributed by atoms with van der Waals surface area (Å²) in [5.74, 6) is 0.897. The zero-order valence-electron chi connectivity index (χ0n) is 11.1. The zero-order valence-corrected chi connectivity index (χ0v) is 12.0. The summed E-state index contributed by atoms with van der Waals surface area (Å²) >= 11 is 0. The molecule has 19 heavy (non-hydrogen) atoms. The van der Waals surface area contributed by atoms with Crippen LogP contribution in [0.25, 0.3) is 0 Å². The van der Waals surface area contributed by atoms with E-state index >= 15 is 0 Å². The number of nitrogens with zero attached hydrogens (tertiary/aromatic N) is 2. The van der Waals surface area contributed by atoms with Crippen LogP contribution in [0.4, 0.5) is 0 Å². The van der Waals surface area contributed by atoms with Crippen molar-refractivity contribution >= 4 is 10.2 Å². The first-order valence-electron chi connectivity index (χ1n) is 6.91. The van der Waals surface area contributed by atoms with Crippen LogP contribution in [0.1, 0.15) is 37.9 Å². The third-order valence-corrected chi connectivity index (χ3v) is 4.95. The van der Waals surface area contributed by atoms with Gasteiger partial charge in [0.05, 0.1) is 0 Å². The summed E-state index contributed by atoms with van der Waals surface area (Å²) in [5.41, 5.74) is 0. The standard InChI is InChI=1S/C12H22N4O2S/c17-19(18,16-10-3-1-2-4-11-16)15-7-5-6-12-13-8-9-14-12/h8-9,15H,1-7,10-11H2,(H,13,14). The van der Waals surface area contributed by atoms with Crippen molar-refractivity contribution < 1.29 is 8.42 Å². The minimum absolute atomic E-state index is 0.458. The molecule has 2 rings (SSSR count). The van der Waals surface area contributed by atoms with Crippen LogP contribution in [0.15, 0.2) is 12.4 Å². The van der Waals surface area contributed by atoms with Gasteiger partial charge in [0.1, 0.15) is 5.82 Å². The highest BCUT2D eigenvalue weighted by atomic mass is 32.2. The van der Waals surface area contributed by atoms with Gasteiger partial charge in [-0.25, -0.2) is 9.71 Å². The molecule has 0 aromatic carbocycles. The Balaban J connectivity index is 1.73. The molecule has 0 unspecified atom stereocenters. The Bertz CT molecular complexity index is 450. The van der Waals surface area contributed by atoms with Crippen molar-refractivity contribution in [3.63, 3.8) is 0 Å². The fraction of sp³-hybridized carbons (Fsp3) is 0.750. The first-order valence-corrected chi connectivity index (χ1v) is 8.35. The molecule has 1 aromatic rings. The lowest BCUT2D eigenvalue weighted by atomic mass is 10.2. The summed E-state index contributed by atoms with van der Waals surface area (Å²) in [7, 11) is -3.30. The predicted molar refractivity (Wildman–Crippen MR) is 73.9 cm³/mol. The normalized spacial score (nSPS) is 18.3. The van der Waals surface area contributed by atoms with Gasteiger partial charge in [0.25, 0.3) is 10.2 Å². The lowest BCUT2D eigenvalue weighted by Crippen LogP contribution is -2.41. The molecule has 2 N–H and O–H groups in total. The van der Waals surface area contributed by atoms with E-state index in [0.29, 0.717) is 19.6 Å². The Hall–Kier alpha value is -0.920. The van der Waals surface area contributed by atoms with Gasteiger partial charge in [-0.2, -0.15) is 12.7 Å². The van der Waals surface area contributed by atoms with Crippen LogP contribution < -0.4 is 4.72 Å². The van der Waals surface area contributed by atoms with E-state index in [1.165, 1.54) is 0 Å². The Morgan fingerprint density at radius 3 is 2.63 bits per heavy atom. The van der Waals surface area contributed by atoms with Gasteiger partial charge < -0.3 is 4.98 Å². The van der Waals surface area contributed by atoms with Crippen molar-refractivity contribution in [3.05, 3.63) is 18.2 Å². The highest BCUT2D eigenvalue weighted by Crippen LogP contribution is 2.12. The van der Waals surface area contributed by atoms with E-state index in [-0.39, 0.29) is 0 Å². The van der Waals surface area contributed by atoms with E-state index in [0.717, 1.165) is 44.3 Å². The maximum Gasteiger partial charge on any atom is 0.279 e. The predicted octanol–water partition coefficient (Wildman–Crippen LogP) is 1.05. The number of aryl methyl sites for hydroxylation is 1. The molecule has 6 nitrogen and oxygen atoms in total. The number of hydrogen-bond acceptors (Lipinski definition) is 3. The fourth-order valence-electron chi connectivity index (χ4n) is 2.26. The Labute approximate surface area is 114 Å². The number of rotatable bonds is 6. The fourth-order valence-corrected chi connectivity index (χ4v) is 3.59. The van der Waals surface area contributed by atoms with E-state index in [9.17, 15) is 8.42 Å². The molecular weight excluding hydrogens is 264 g/mol. The summed E-state index contributed by atoms with van der Waals surface area (Å²) < 4.78 is 28.4. The zero-order chi connectivity index (χ0) is 13.6. The van der Waals surface area contributed by atoms with Crippen molar-refractivity contribution in [2.24, 2.45) is 0 Å². The van der Waals surface area contributed by atoms with Gasteiger partial charge in [0.15, 0.2) is 0 Å². The van der Waals surface area contributed by atoms with Crippen LogP contribution >= 0.6 is 0 Å². The minimum Gasteiger partial charge on any atom is -0.349 e. The Kier molecular flexibility index (Phi) is 5.35. The Morgan fingerprint density at radius 1 is 1.26 bits per heavy atom. The number of H-pyrrole nitrogens is 1. The van der Waals surface area contributed by atoms with Crippen LogP contribution in [0.3, 0.4) is 0 Å². The third-order valence-electron chi connectivity index (χ3n) is 3.33. The number of imidazole rings is 1. The molecule has 1 fully saturated rings. The van der Waals surface area contributed by atoms with Gasteiger partial charge in [-0.1, -0.05) is 12.8 Å². The van der Waals surface area contributed by atoms with Crippen LogP contribution in [-0.4, -0.2) is 42.3 Å². The molecule has 0 bridgehead atoms. The second-order valence-electron chi connectivity index (χ2n) is 4.85. The molecule has 1 aliphatic rings. The van der Waals surface area contributed by atoms with Gasteiger partial charge >= 0.3 is 0 Å². The highest BCUT2D eigenvalue weighted by molar-refractivity contribution is 7.87. The average molecular weight is 286 g/mol. The lowest BCUT2D eigenvalue weighted by molar-refractivity contribution is 0.414. The van der Waals surface area contributed by atoms with Gasteiger partial charge in [0.2, 0.25) is 0 Å². The second-order valence-corrected chi connectivity index (χ2v) is 6.61. The van der Waals surface area contributed by atoms with E-state index in [1.54, 1.807) is 16.7 Å². The van der Waals surface area contributed by atoms with Crippen LogP contribution in [0, 0.1) is 0 Å². The molecule has 0 saturated carbocycles. The van der Waals surface area contributed by atoms with Gasteiger partial charge in [-0.15, -0.1) is 0 Å². The minimum atomic E-state index is -3.30. The van der Waals surface area contributed by atoms with Gasteiger partial charge in [-0.05, 0) is 19.3 Å². The molecule has 7 heteroatoms. The number of aromatic nitrogens is 2. The monoisotopic (exact) mass is 286 g/mol. The summed E-state index contributed by atoms with van der Waals surface area (Å²) in [5, 5.41) is 0. The first-order chi connectivity index (χ1) is 9.18. The number of hydrogen-bond donors (Lipinski definition) is 2. The summed E-state index contributed by atoms with van der Waals surface area (Å²) in [6.45, 7) is 1.75. The highest BCUT2D eigenvalue weighted by Gasteiger charge is 2.21. The molecule has 0 amide bonds. The topological polar surface area (TPSA) is 78.1 Å². The average Bonchev–Trinajstić information content (AvgIpc) is 2.74. The molecule has 0 atom stereocenters. The molecular formula is C12H22N4O2S. The molecule has 0 radical (unpaired) electrons. The number of nitrogens with one attached hydrogen (secondary N) is 2. The van der Waals surface area contributed by atoms with Crippen LogP contribution in [-0.2, 0) is 16.6 Å². The molecule has 2 heterocycles. The summed E-state index contributed by atoms with van der Waals surface area (Å²) in [6.07, 6.45) is 9.18. The third kappa shape index (κ3) is 4.59. The Morgan fingerprint density at radius 2 is 2.00 bits per heavy atom. The second kappa shape index (κ2) is 7.02. The molecule has 0 aliphatic carbocycles. The van der Waals surface area contributed by atoms with Crippen LogP contribution in [0.2, 0.25) is 0 Å². The summed E-state index contributed by atoms with van der Waals surface area (Å²) in [6, 6.07) is 0. The van der Waals surface area contributed by atoms with Crippen molar-refractivity contribution in [1.82, 2.24) is 19.0 Å². The first kappa shape index (κ1) is 14.5. The van der Waals surface area contributed by atoms with E-state index in [2.05, 4.69) is 14.7 Å². The molecule has 1 saturated heterocycles. The van der Waals surface area contributed by atoms with Gasteiger partial charge in [-0.3, -0.25) is 0 Å². The van der Waals surface area contributed by atoms with Gasteiger partial charge in [0, 0.05) is 38.4 Å². The molecule has 1 aliphatic heterocycles. The SMILES string of the molecule is O=S(=O)(NCCCc1ncc[nH]1)N1CCCCCC1. The smallest absolute Gasteiger partial charge is 0.279 e. The van der Waals surface area contributed by atoms with Crippen molar-refractivity contribution in [1.29, 1.82) is 0 Å². The lowest BCUT2D eigenvalue weighted by Gasteiger charge is -2.20. The maximum atomic E-state index is 12.1. The largest absolute Gasteiger partial charge is 0.349 e. The molecule has 108 valence electrons. The summed E-state index contributed by atoms with van der Waals surface area (Å²) in [4.78, 5) is 7.12. The molecule has 0 spiro atoms. The van der Waals surface area contributed by atoms with Crippen LogP contribution in [0.5, 0.6) is 0 Å². The van der Waals surface area contributed by atoms with Crippen molar-refractivity contribution in [2.45, 2.75) is 38.5 Å². The van der Waals surface area contributed by atoms with E-state index in [4.69, 9.17) is 0 Å². The van der Waals surface area contributed by atoms with Crippen molar-refractivity contribution in [3.8, 4) is 0 Å². The molecule has 1 aromatic heterocycles. The quantitative estimate of drug-likeness (QED) is 0.767.